The zero-order valence-electron chi connectivity index (χ0n) is 10.2. The first-order chi connectivity index (χ1) is 9.54. The van der Waals surface area contributed by atoms with E-state index >= 15 is 0 Å². The van der Waals surface area contributed by atoms with Gasteiger partial charge in [-0.3, -0.25) is 4.98 Å². The Morgan fingerprint density at radius 1 is 0.800 bits per heavy atom. The monoisotopic (exact) mass is 274 g/mol. The molecule has 0 fully saturated rings. The summed E-state index contributed by atoms with van der Waals surface area (Å²) in [4.78, 5) is 8.64. The van der Waals surface area contributed by atoms with Crippen molar-refractivity contribution in [3.05, 3.63) is 60.3 Å². The van der Waals surface area contributed by atoms with Crippen LogP contribution in [-0.2, 0) is 6.18 Å². The van der Waals surface area contributed by atoms with E-state index in [1.165, 1.54) is 12.1 Å². The Bertz CT molecular complexity index is 749. The Labute approximate surface area is 112 Å². The van der Waals surface area contributed by atoms with E-state index in [9.17, 15) is 13.2 Å². The second-order valence-electron chi connectivity index (χ2n) is 4.32. The van der Waals surface area contributed by atoms with Gasteiger partial charge in [-0.1, -0.05) is 24.3 Å². The predicted octanol–water partition coefficient (Wildman–Crippen LogP) is 4.32. The van der Waals surface area contributed by atoms with Crippen molar-refractivity contribution in [1.82, 2.24) is 9.97 Å². The van der Waals surface area contributed by atoms with Gasteiger partial charge in [0.25, 0.3) is 0 Å². The highest BCUT2D eigenvalue weighted by molar-refractivity contribution is 5.76. The standard InChI is InChI=1S/C15H9F3N2/c16-15(17,18)11-7-5-10(6-8-11)14-9-19-12-3-1-2-4-13(12)20-14/h1-9H. The lowest BCUT2D eigenvalue weighted by atomic mass is 10.1. The molecule has 3 rings (SSSR count). The van der Waals surface area contributed by atoms with E-state index in [4.69, 9.17) is 0 Å². The minimum absolute atomic E-state index is 0.553. The van der Waals surface area contributed by atoms with Gasteiger partial charge < -0.3 is 0 Å². The van der Waals surface area contributed by atoms with Gasteiger partial charge in [-0.15, -0.1) is 0 Å². The van der Waals surface area contributed by atoms with Gasteiger partial charge in [-0.25, -0.2) is 4.98 Å². The van der Waals surface area contributed by atoms with Crippen molar-refractivity contribution in [2.75, 3.05) is 0 Å². The van der Waals surface area contributed by atoms with Crippen molar-refractivity contribution in [3.8, 4) is 11.3 Å². The zero-order valence-corrected chi connectivity index (χ0v) is 10.2. The van der Waals surface area contributed by atoms with Crippen LogP contribution in [0, 0.1) is 0 Å². The van der Waals surface area contributed by atoms with E-state index in [1.807, 2.05) is 24.3 Å². The van der Waals surface area contributed by atoms with Crippen LogP contribution >= 0.6 is 0 Å². The van der Waals surface area contributed by atoms with Crippen LogP contribution in [-0.4, -0.2) is 9.97 Å². The quantitative estimate of drug-likeness (QED) is 0.660. The van der Waals surface area contributed by atoms with Crippen molar-refractivity contribution in [2.45, 2.75) is 6.18 Å². The highest BCUT2D eigenvalue weighted by atomic mass is 19.4. The van der Waals surface area contributed by atoms with Gasteiger partial charge >= 0.3 is 6.18 Å². The lowest BCUT2D eigenvalue weighted by Crippen LogP contribution is -2.04. The molecule has 3 aromatic rings. The largest absolute Gasteiger partial charge is 0.416 e. The number of halogens is 3. The molecule has 0 bridgehead atoms. The molecule has 0 aliphatic heterocycles. The van der Waals surface area contributed by atoms with Crippen LogP contribution in [0.1, 0.15) is 5.56 Å². The maximum absolute atomic E-state index is 12.5. The maximum Gasteiger partial charge on any atom is 0.416 e. The van der Waals surface area contributed by atoms with Crippen LogP contribution in [0.3, 0.4) is 0 Å². The number of hydrogen-bond acceptors (Lipinski definition) is 2. The van der Waals surface area contributed by atoms with Gasteiger partial charge in [0.2, 0.25) is 0 Å². The molecule has 0 atom stereocenters. The molecular formula is C15H9F3N2. The van der Waals surface area contributed by atoms with Crippen LogP contribution in [0.15, 0.2) is 54.7 Å². The van der Waals surface area contributed by atoms with Crippen LogP contribution in [0.25, 0.3) is 22.3 Å². The van der Waals surface area contributed by atoms with Crippen LogP contribution in [0.4, 0.5) is 13.2 Å². The fraction of sp³-hybridized carbons (Fsp3) is 0.0667. The molecule has 0 N–H and O–H groups in total. The number of para-hydroxylation sites is 2. The predicted molar refractivity (Wildman–Crippen MR) is 70.0 cm³/mol. The summed E-state index contributed by atoms with van der Waals surface area (Å²) in [6.07, 6.45) is -2.77. The number of benzene rings is 2. The molecule has 1 heterocycles. The van der Waals surface area contributed by atoms with E-state index < -0.39 is 11.7 Å². The normalized spacial score (nSPS) is 11.8. The summed E-state index contributed by atoms with van der Waals surface area (Å²) < 4.78 is 37.5. The van der Waals surface area contributed by atoms with E-state index in [1.54, 1.807) is 6.20 Å². The van der Waals surface area contributed by atoms with E-state index in [-0.39, 0.29) is 0 Å². The molecule has 20 heavy (non-hydrogen) atoms. The van der Waals surface area contributed by atoms with E-state index in [2.05, 4.69) is 9.97 Å². The van der Waals surface area contributed by atoms with E-state index in [0.717, 1.165) is 17.6 Å². The fourth-order valence-electron chi connectivity index (χ4n) is 1.93. The summed E-state index contributed by atoms with van der Waals surface area (Å²) in [6.45, 7) is 0. The summed E-state index contributed by atoms with van der Waals surface area (Å²) in [5, 5.41) is 0. The van der Waals surface area contributed by atoms with E-state index in [0.29, 0.717) is 16.8 Å². The second-order valence-corrected chi connectivity index (χ2v) is 4.32. The number of alkyl halides is 3. The van der Waals surface area contributed by atoms with Gasteiger partial charge in [-0.2, -0.15) is 13.2 Å². The first-order valence-electron chi connectivity index (χ1n) is 5.93. The molecule has 2 aromatic carbocycles. The average molecular weight is 274 g/mol. The van der Waals surface area contributed by atoms with Crippen molar-refractivity contribution >= 4 is 11.0 Å². The lowest BCUT2D eigenvalue weighted by molar-refractivity contribution is -0.137. The fourth-order valence-corrected chi connectivity index (χ4v) is 1.93. The molecule has 0 aliphatic rings. The molecule has 2 nitrogen and oxygen atoms in total. The minimum Gasteiger partial charge on any atom is -0.252 e. The maximum atomic E-state index is 12.5. The first-order valence-corrected chi connectivity index (χ1v) is 5.93. The highest BCUT2D eigenvalue weighted by Crippen LogP contribution is 2.30. The lowest BCUT2D eigenvalue weighted by Gasteiger charge is -2.07. The molecule has 100 valence electrons. The number of rotatable bonds is 1. The van der Waals surface area contributed by atoms with Crippen molar-refractivity contribution < 1.29 is 13.2 Å². The molecule has 0 radical (unpaired) electrons. The molecule has 0 amide bonds. The summed E-state index contributed by atoms with van der Waals surface area (Å²) in [6, 6.07) is 12.2. The third-order valence-corrected chi connectivity index (χ3v) is 2.96. The molecule has 0 spiro atoms. The second kappa shape index (κ2) is 4.59. The summed E-state index contributed by atoms with van der Waals surface area (Å²) >= 11 is 0. The van der Waals surface area contributed by atoms with Crippen molar-refractivity contribution in [2.24, 2.45) is 0 Å². The summed E-state index contributed by atoms with van der Waals surface area (Å²) in [7, 11) is 0. The van der Waals surface area contributed by atoms with Gasteiger partial charge in [0, 0.05) is 5.56 Å². The van der Waals surface area contributed by atoms with Crippen LogP contribution in [0.5, 0.6) is 0 Å². The topological polar surface area (TPSA) is 25.8 Å². The molecule has 0 saturated heterocycles. The number of hydrogen-bond donors (Lipinski definition) is 0. The highest BCUT2D eigenvalue weighted by Gasteiger charge is 2.29. The van der Waals surface area contributed by atoms with Gasteiger partial charge in [0.15, 0.2) is 0 Å². The van der Waals surface area contributed by atoms with Crippen LogP contribution in [0.2, 0.25) is 0 Å². The van der Waals surface area contributed by atoms with Crippen LogP contribution < -0.4 is 0 Å². The molecule has 1 aromatic heterocycles. The summed E-state index contributed by atoms with van der Waals surface area (Å²) in [5.41, 5.74) is 1.96. The Kier molecular flexibility index (Phi) is 2.89. The average Bonchev–Trinajstić information content (AvgIpc) is 2.46. The number of aromatic nitrogens is 2. The smallest absolute Gasteiger partial charge is 0.252 e. The molecular weight excluding hydrogens is 265 g/mol. The SMILES string of the molecule is FC(F)(F)c1ccc(-c2cnc3ccccc3n2)cc1. The van der Waals surface area contributed by atoms with Crippen molar-refractivity contribution in [3.63, 3.8) is 0 Å². The zero-order chi connectivity index (χ0) is 14.2. The van der Waals surface area contributed by atoms with Crippen molar-refractivity contribution in [1.29, 1.82) is 0 Å². The Morgan fingerprint density at radius 2 is 1.45 bits per heavy atom. The Balaban J connectivity index is 2.02. The molecule has 0 aliphatic carbocycles. The summed E-state index contributed by atoms with van der Waals surface area (Å²) in [5.74, 6) is 0. The molecule has 5 heteroatoms. The third kappa shape index (κ3) is 2.34. The third-order valence-electron chi connectivity index (χ3n) is 2.96. The molecule has 0 saturated carbocycles. The van der Waals surface area contributed by atoms with Gasteiger partial charge in [-0.05, 0) is 24.3 Å². The first kappa shape index (κ1) is 12.6. The Morgan fingerprint density at radius 3 is 2.10 bits per heavy atom. The Hall–Kier alpha value is -2.43. The van der Waals surface area contributed by atoms with Gasteiger partial charge in [0.05, 0.1) is 28.5 Å². The number of nitrogens with zero attached hydrogens (tertiary/aromatic N) is 2. The number of fused-ring (bicyclic) bond motifs is 1. The molecule has 0 unspecified atom stereocenters. The minimum atomic E-state index is -4.33. The van der Waals surface area contributed by atoms with Gasteiger partial charge in [0.1, 0.15) is 0 Å².